The molecule has 0 heterocycles. The van der Waals surface area contributed by atoms with Crippen molar-refractivity contribution in [1.82, 2.24) is 5.32 Å². The zero-order chi connectivity index (χ0) is 18.3. The number of carbonyl (C=O) groups excluding carboxylic acids is 1. The SMILES string of the molecule is CC(C)(C)OC(=O)NCc1c(F)cccc1CC=Cc1ccccc1. The van der Waals surface area contributed by atoms with Crippen molar-refractivity contribution in [3.63, 3.8) is 0 Å². The van der Waals surface area contributed by atoms with E-state index in [1.807, 2.05) is 48.6 Å². The molecule has 0 saturated carbocycles. The van der Waals surface area contributed by atoms with Crippen molar-refractivity contribution < 1.29 is 13.9 Å². The summed E-state index contributed by atoms with van der Waals surface area (Å²) in [5.41, 5.74) is 1.82. The third kappa shape index (κ3) is 6.42. The van der Waals surface area contributed by atoms with Crippen LogP contribution < -0.4 is 5.32 Å². The predicted molar refractivity (Wildman–Crippen MR) is 98.7 cm³/mol. The van der Waals surface area contributed by atoms with Gasteiger partial charge in [-0.15, -0.1) is 0 Å². The topological polar surface area (TPSA) is 38.3 Å². The number of rotatable bonds is 5. The number of amides is 1. The van der Waals surface area contributed by atoms with Gasteiger partial charge in [-0.1, -0.05) is 54.6 Å². The molecular formula is C21H24FNO2. The fourth-order valence-electron chi connectivity index (χ4n) is 2.35. The summed E-state index contributed by atoms with van der Waals surface area (Å²) < 4.78 is 19.4. The van der Waals surface area contributed by atoms with Crippen molar-refractivity contribution in [3.8, 4) is 0 Å². The van der Waals surface area contributed by atoms with Gasteiger partial charge in [0.1, 0.15) is 11.4 Å². The fourth-order valence-corrected chi connectivity index (χ4v) is 2.35. The van der Waals surface area contributed by atoms with Crippen LogP contribution in [0.3, 0.4) is 0 Å². The molecule has 2 aromatic rings. The average Bonchev–Trinajstić information content (AvgIpc) is 2.53. The molecule has 0 fully saturated rings. The highest BCUT2D eigenvalue weighted by molar-refractivity contribution is 5.67. The van der Waals surface area contributed by atoms with E-state index in [9.17, 15) is 9.18 Å². The molecule has 0 bridgehead atoms. The van der Waals surface area contributed by atoms with Crippen molar-refractivity contribution in [1.29, 1.82) is 0 Å². The highest BCUT2D eigenvalue weighted by Gasteiger charge is 2.16. The van der Waals surface area contributed by atoms with Crippen molar-refractivity contribution >= 4 is 12.2 Å². The van der Waals surface area contributed by atoms with Crippen LogP contribution in [-0.2, 0) is 17.7 Å². The minimum atomic E-state index is -0.583. The first-order valence-electron chi connectivity index (χ1n) is 8.30. The molecule has 0 aliphatic heterocycles. The Bertz CT molecular complexity index is 733. The van der Waals surface area contributed by atoms with E-state index >= 15 is 0 Å². The van der Waals surface area contributed by atoms with Crippen LogP contribution in [0, 0.1) is 5.82 Å². The van der Waals surface area contributed by atoms with Crippen LogP contribution in [0.25, 0.3) is 6.08 Å². The highest BCUT2D eigenvalue weighted by Crippen LogP contribution is 2.16. The Morgan fingerprint density at radius 1 is 1.12 bits per heavy atom. The van der Waals surface area contributed by atoms with E-state index in [1.165, 1.54) is 6.07 Å². The molecule has 0 atom stereocenters. The van der Waals surface area contributed by atoms with E-state index in [2.05, 4.69) is 5.32 Å². The maximum Gasteiger partial charge on any atom is 0.407 e. The number of hydrogen-bond acceptors (Lipinski definition) is 2. The molecule has 132 valence electrons. The molecule has 0 spiro atoms. The van der Waals surface area contributed by atoms with E-state index in [0.29, 0.717) is 12.0 Å². The summed E-state index contributed by atoms with van der Waals surface area (Å²) in [6, 6.07) is 14.9. The van der Waals surface area contributed by atoms with Crippen LogP contribution in [0.4, 0.5) is 9.18 Å². The van der Waals surface area contributed by atoms with Gasteiger partial charge in [0.05, 0.1) is 0 Å². The molecular weight excluding hydrogens is 317 g/mol. The van der Waals surface area contributed by atoms with Crippen LogP contribution >= 0.6 is 0 Å². The Balaban J connectivity index is 2.03. The summed E-state index contributed by atoms with van der Waals surface area (Å²) in [5, 5.41) is 2.62. The minimum absolute atomic E-state index is 0.0934. The molecule has 0 unspecified atom stereocenters. The van der Waals surface area contributed by atoms with Crippen LogP contribution in [-0.4, -0.2) is 11.7 Å². The largest absolute Gasteiger partial charge is 0.444 e. The number of halogens is 1. The second-order valence-electron chi connectivity index (χ2n) is 6.75. The Labute approximate surface area is 148 Å². The maximum absolute atomic E-state index is 14.2. The van der Waals surface area contributed by atoms with Crippen molar-refractivity contribution in [3.05, 3.63) is 77.1 Å². The summed E-state index contributed by atoms with van der Waals surface area (Å²) in [6.07, 6.45) is 4.01. The van der Waals surface area contributed by atoms with Gasteiger partial charge in [-0.25, -0.2) is 9.18 Å². The first-order chi connectivity index (χ1) is 11.8. The minimum Gasteiger partial charge on any atom is -0.444 e. The lowest BCUT2D eigenvalue weighted by molar-refractivity contribution is 0.0523. The van der Waals surface area contributed by atoms with Crippen LogP contribution in [0.1, 0.15) is 37.5 Å². The van der Waals surface area contributed by atoms with Crippen LogP contribution in [0.2, 0.25) is 0 Å². The zero-order valence-electron chi connectivity index (χ0n) is 14.9. The Morgan fingerprint density at radius 3 is 2.52 bits per heavy atom. The lowest BCUT2D eigenvalue weighted by atomic mass is 10.0. The molecule has 4 heteroatoms. The van der Waals surface area contributed by atoms with Gasteiger partial charge in [-0.2, -0.15) is 0 Å². The van der Waals surface area contributed by atoms with E-state index in [4.69, 9.17) is 4.74 Å². The quantitative estimate of drug-likeness (QED) is 0.821. The van der Waals surface area contributed by atoms with Gasteiger partial charge in [0.15, 0.2) is 0 Å². The second kappa shape index (κ2) is 8.47. The highest BCUT2D eigenvalue weighted by atomic mass is 19.1. The van der Waals surface area contributed by atoms with E-state index in [1.54, 1.807) is 26.8 Å². The molecule has 0 aliphatic rings. The monoisotopic (exact) mass is 341 g/mol. The molecule has 0 aromatic heterocycles. The first kappa shape index (κ1) is 18.7. The van der Waals surface area contributed by atoms with Gasteiger partial charge in [-0.05, 0) is 44.4 Å². The molecule has 1 amide bonds. The molecule has 0 radical (unpaired) electrons. The van der Waals surface area contributed by atoms with E-state index < -0.39 is 11.7 Å². The number of hydrogen-bond donors (Lipinski definition) is 1. The Morgan fingerprint density at radius 2 is 1.84 bits per heavy atom. The summed E-state index contributed by atoms with van der Waals surface area (Å²) in [7, 11) is 0. The van der Waals surface area contributed by atoms with Crippen molar-refractivity contribution in [2.45, 2.75) is 39.3 Å². The summed E-state index contributed by atoms with van der Waals surface area (Å²) >= 11 is 0. The standard InChI is InChI=1S/C21H24FNO2/c1-21(2,3)25-20(24)23-15-18-17(13-8-14-19(18)22)12-7-11-16-9-5-4-6-10-16/h4-11,13-14H,12,15H2,1-3H3,(H,23,24). The lowest BCUT2D eigenvalue weighted by Gasteiger charge is -2.20. The van der Waals surface area contributed by atoms with Crippen LogP contribution in [0.5, 0.6) is 0 Å². The third-order valence-electron chi connectivity index (χ3n) is 3.47. The van der Waals surface area contributed by atoms with Gasteiger partial charge in [0, 0.05) is 12.1 Å². The van der Waals surface area contributed by atoms with Crippen LogP contribution in [0.15, 0.2) is 54.6 Å². The first-order valence-corrected chi connectivity index (χ1v) is 8.30. The Hall–Kier alpha value is -2.62. The third-order valence-corrected chi connectivity index (χ3v) is 3.47. The summed E-state index contributed by atoms with van der Waals surface area (Å²) in [5.74, 6) is -0.332. The Kier molecular flexibility index (Phi) is 6.34. The molecule has 1 N–H and O–H groups in total. The van der Waals surface area contributed by atoms with Gasteiger partial charge >= 0.3 is 6.09 Å². The number of nitrogens with one attached hydrogen (secondary N) is 1. The molecule has 0 saturated heterocycles. The van der Waals surface area contributed by atoms with Gasteiger partial charge in [0.25, 0.3) is 0 Å². The molecule has 0 aliphatic carbocycles. The van der Waals surface area contributed by atoms with Crippen molar-refractivity contribution in [2.24, 2.45) is 0 Å². The lowest BCUT2D eigenvalue weighted by Crippen LogP contribution is -2.32. The van der Waals surface area contributed by atoms with Gasteiger partial charge in [0.2, 0.25) is 0 Å². The fraction of sp³-hybridized carbons (Fsp3) is 0.286. The van der Waals surface area contributed by atoms with E-state index in [-0.39, 0.29) is 12.4 Å². The average molecular weight is 341 g/mol. The van der Waals surface area contributed by atoms with Gasteiger partial charge < -0.3 is 10.1 Å². The van der Waals surface area contributed by atoms with Crippen molar-refractivity contribution in [2.75, 3.05) is 0 Å². The number of ether oxygens (including phenoxy) is 1. The number of benzene rings is 2. The molecule has 2 rings (SSSR count). The van der Waals surface area contributed by atoms with Gasteiger partial charge in [-0.3, -0.25) is 0 Å². The molecule has 25 heavy (non-hydrogen) atoms. The number of carbonyl (C=O) groups is 1. The predicted octanol–water partition coefficient (Wildman–Crippen LogP) is 5.11. The normalized spacial score (nSPS) is 11.5. The zero-order valence-corrected chi connectivity index (χ0v) is 14.9. The number of allylic oxidation sites excluding steroid dienone is 1. The van der Waals surface area contributed by atoms with E-state index in [0.717, 1.165) is 11.1 Å². The maximum atomic E-state index is 14.2. The number of alkyl carbamates (subject to hydrolysis) is 1. The molecule has 2 aromatic carbocycles. The smallest absolute Gasteiger partial charge is 0.407 e. The summed E-state index contributed by atoms with van der Waals surface area (Å²) in [6.45, 7) is 5.45. The summed E-state index contributed by atoms with van der Waals surface area (Å²) in [4.78, 5) is 11.8. The molecule has 3 nitrogen and oxygen atoms in total. The second-order valence-corrected chi connectivity index (χ2v) is 6.75.